The van der Waals surface area contributed by atoms with Crippen LogP contribution in [0.4, 0.5) is 10.5 Å². The molecule has 0 saturated heterocycles. The number of benzene rings is 1. The summed E-state index contributed by atoms with van der Waals surface area (Å²) in [7, 11) is 0. The standard InChI is InChI=1S/C17H19N5O2/c1-12-4-2-5-13-15(12)20-10-14(16(13)23)21-17(24)19-6-3-8-22-9-7-18-11-22/h2,4-5,7,9-11H,3,6,8H2,1H3,(H,20,23)(H2,19,21,24). The van der Waals surface area contributed by atoms with Crippen LogP contribution in [-0.2, 0) is 6.54 Å². The number of amides is 2. The van der Waals surface area contributed by atoms with E-state index < -0.39 is 6.03 Å². The molecular formula is C17H19N5O2. The minimum atomic E-state index is -0.391. The third-order valence-corrected chi connectivity index (χ3v) is 3.81. The van der Waals surface area contributed by atoms with Crippen molar-refractivity contribution in [2.45, 2.75) is 19.9 Å². The molecule has 0 saturated carbocycles. The van der Waals surface area contributed by atoms with Crippen molar-refractivity contribution in [2.24, 2.45) is 0 Å². The van der Waals surface area contributed by atoms with Crippen LogP contribution >= 0.6 is 0 Å². The summed E-state index contributed by atoms with van der Waals surface area (Å²) in [6, 6.07) is 5.11. The van der Waals surface area contributed by atoms with Gasteiger partial charge in [-0.25, -0.2) is 9.78 Å². The van der Waals surface area contributed by atoms with Gasteiger partial charge in [-0.05, 0) is 25.0 Å². The van der Waals surface area contributed by atoms with E-state index in [1.54, 1.807) is 18.6 Å². The fourth-order valence-corrected chi connectivity index (χ4v) is 2.55. The van der Waals surface area contributed by atoms with Crippen LogP contribution in [0.3, 0.4) is 0 Å². The number of rotatable bonds is 5. The molecule has 0 bridgehead atoms. The third kappa shape index (κ3) is 3.45. The summed E-state index contributed by atoms with van der Waals surface area (Å²) in [6.45, 7) is 3.21. The zero-order chi connectivity index (χ0) is 16.9. The summed E-state index contributed by atoms with van der Waals surface area (Å²) in [4.78, 5) is 31.4. The lowest BCUT2D eigenvalue weighted by atomic mass is 10.1. The molecular weight excluding hydrogens is 306 g/mol. The summed E-state index contributed by atoms with van der Waals surface area (Å²) in [5, 5.41) is 5.91. The predicted octanol–water partition coefficient (Wildman–Crippen LogP) is 2.24. The highest BCUT2D eigenvalue weighted by molar-refractivity contribution is 5.92. The number of aromatic nitrogens is 3. The van der Waals surface area contributed by atoms with Gasteiger partial charge in [0.05, 0.1) is 11.8 Å². The number of nitrogens with one attached hydrogen (secondary N) is 3. The molecule has 1 aromatic carbocycles. The number of pyridine rings is 1. The van der Waals surface area contributed by atoms with E-state index in [1.807, 2.05) is 29.8 Å². The van der Waals surface area contributed by atoms with Crippen LogP contribution in [0.2, 0.25) is 0 Å². The Morgan fingerprint density at radius 2 is 2.25 bits per heavy atom. The number of nitrogens with zero attached hydrogens (tertiary/aromatic N) is 2. The first-order chi connectivity index (χ1) is 11.6. The first kappa shape index (κ1) is 15.8. The smallest absolute Gasteiger partial charge is 0.319 e. The maximum absolute atomic E-state index is 12.4. The minimum absolute atomic E-state index is 0.194. The number of urea groups is 1. The summed E-state index contributed by atoms with van der Waals surface area (Å²) in [5.41, 5.74) is 1.81. The van der Waals surface area contributed by atoms with Gasteiger partial charge >= 0.3 is 6.03 Å². The zero-order valence-corrected chi connectivity index (χ0v) is 13.4. The number of carbonyl (C=O) groups is 1. The molecule has 7 nitrogen and oxygen atoms in total. The van der Waals surface area contributed by atoms with Crippen LogP contribution in [0.25, 0.3) is 10.9 Å². The molecule has 3 N–H and O–H groups in total. The number of H-pyrrole nitrogens is 1. The van der Waals surface area contributed by atoms with Crippen LogP contribution in [0.15, 0.2) is 47.9 Å². The molecule has 0 unspecified atom stereocenters. The summed E-state index contributed by atoms with van der Waals surface area (Å²) in [6.07, 6.45) is 7.63. The Bertz CT molecular complexity index is 899. The lowest BCUT2D eigenvalue weighted by Gasteiger charge is -2.09. The number of carbonyl (C=O) groups excluding carboxylic acids is 1. The SMILES string of the molecule is Cc1cccc2c(=O)c(NC(=O)NCCCn3ccnc3)c[nH]c12. The summed E-state index contributed by atoms with van der Waals surface area (Å²) >= 11 is 0. The van der Waals surface area contributed by atoms with Gasteiger partial charge < -0.3 is 20.2 Å². The van der Waals surface area contributed by atoms with E-state index in [4.69, 9.17) is 0 Å². The normalized spacial score (nSPS) is 10.7. The van der Waals surface area contributed by atoms with Crippen molar-refractivity contribution in [3.63, 3.8) is 0 Å². The molecule has 0 atom stereocenters. The molecule has 0 aliphatic heterocycles. The highest BCUT2D eigenvalue weighted by Crippen LogP contribution is 2.14. The van der Waals surface area contributed by atoms with E-state index in [-0.39, 0.29) is 11.1 Å². The van der Waals surface area contributed by atoms with E-state index in [9.17, 15) is 9.59 Å². The number of anilines is 1. The maximum atomic E-state index is 12.4. The number of aryl methyl sites for hydroxylation is 2. The average molecular weight is 325 g/mol. The molecule has 0 aliphatic rings. The van der Waals surface area contributed by atoms with Crippen LogP contribution < -0.4 is 16.1 Å². The number of hydrogen-bond acceptors (Lipinski definition) is 3. The lowest BCUT2D eigenvalue weighted by molar-refractivity contribution is 0.252. The lowest BCUT2D eigenvalue weighted by Crippen LogP contribution is -2.32. The maximum Gasteiger partial charge on any atom is 0.319 e. The van der Waals surface area contributed by atoms with Crippen molar-refractivity contribution in [2.75, 3.05) is 11.9 Å². The van der Waals surface area contributed by atoms with Gasteiger partial charge in [-0.2, -0.15) is 0 Å². The zero-order valence-electron chi connectivity index (χ0n) is 13.4. The van der Waals surface area contributed by atoms with E-state index in [1.165, 1.54) is 6.20 Å². The van der Waals surface area contributed by atoms with Crippen LogP contribution in [0.5, 0.6) is 0 Å². The van der Waals surface area contributed by atoms with Crippen molar-refractivity contribution < 1.29 is 4.79 Å². The van der Waals surface area contributed by atoms with Crippen LogP contribution in [0.1, 0.15) is 12.0 Å². The summed E-state index contributed by atoms with van der Waals surface area (Å²) < 4.78 is 1.94. The van der Waals surface area contributed by atoms with E-state index >= 15 is 0 Å². The van der Waals surface area contributed by atoms with Crippen molar-refractivity contribution in [3.8, 4) is 0 Å². The molecule has 124 valence electrons. The number of para-hydroxylation sites is 1. The van der Waals surface area contributed by atoms with Crippen LogP contribution in [-0.4, -0.2) is 27.1 Å². The van der Waals surface area contributed by atoms with Gasteiger partial charge in [0.1, 0.15) is 5.69 Å². The highest BCUT2D eigenvalue weighted by Gasteiger charge is 2.09. The Kier molecular flexibility index (Phi) is 4.60. The molecule has 2 amide bonds. The Labute approximate surface area is 138 Å². The van der Waals surface area contributed by atoms with Gasteiger partial charge in [0.2, 0.25) is 5.43 Å². The van der Waals surface area contributed by atoms with Crippen molar-refractivity contribution in [1.82, 2.24) is 19.9 Å². The first-order valence-electron chi connectivity index (χ1n) is 7.77. The Balaban J connectivity index is 1.59. The van der Waals surface area contributed by atoms with Gasteiger partial charge in [0.15, 0.2) is 0 Å². The second-order valence-corrected chi connectivity index (χ2v) is 5.56. The summed E-state index contributed by atoms with van der Waals surface area (Å²) in [5.74, 6) is 0. The molecule has 2 heterocycles. The molecule has 2 aromatic heterocycles. The number of fused-ring (bicyclic) bond motifs is 1. The molecule has 3 rings (SSSR count). The Morgan fingerprint density at radius 1 is 1.38 bits per heavy atom. The average Bonchev–Trinajstić information content (AvgIpc) is 3.08. The second kappa shape index (κ2) is 6.99. The van der Waals surface area contributed by atoms with Gasteiger partial charge in [-0.3, -0.25) is 4.79 Å². The monoisotopic (exact) mass is 325 g/mol. The number of hydrogen-bond donors (Lipinski definition) is 3. The van der Waals surface area contributed by atoms with Crippen LogP contribution in [0, 0.1) is 6.92 Å². The van der Waals surface area contributed by atoms with Gasteiger partial charge in [-0.15, -0.1) is 0 Å². The fraction of sp³-hybridized carbons (Fsp3) is 0.235. The topological polar surface area (TPSA) is 91.8 Å². The highest BCUT2D eigenvalue weighted by atomic mass is 16.2. The molecule has 0 fully saturated rings. The largest absolute Gasteiger partial charge is 0.359 e. The van der Waals surface area contributed by atoms with Gasteiger partial charge in [0, 0.05) is 37.1 Å². The molecule has 0 aliphatic carbocycles. The van der Waals surface area contributed by atoms with E-state index in [2.05, 4.69) is 20.6 Å². The van der Waals surface area contributed by atoms with E-state index in [0.29, 0.717) is 11.9 Å². The Hall–Kier alpha value is -3.09. The van der Waals surface area contributed by atoms with Gasteiger partial charge in [0.25, 0.3) is 0 Å². The van der Waals surface area contributed by atoms with Gasteiger partial charge in [-0.1, -0.05) is 12.1 Å². The molecule has 0 radical (unpaired) electrons. The predicted molar refractivity (Wildman–Crippen MR) is 93.2 cm³/mol. The number of imidazole rings is 1. The van der Waals surface area contributed by atoms with Crippen molar-refractivity contribution >= 4 is 22.6 Å². The van der Waals surface area contributed by atoms with Crippen molar-refractivity contribution in [1.29, 1.82) is 0 Å². The molecule has 0 spiro atoms. The van der Waals surface area contributed by atoms with E-state index in [0.717, 1.165) is 24.0 Å². The molecule has 3 aromatic rings. The quantitative estimate of drug-likeness (QED) is 0.628. The molecule has 7 heteroatoms. The molecule has 24 heavy (non-hydrogen) atoms. The van der Waals surface area contributed by atoms with Crippen molar-refractivity contribution in [3.05, 3.63) is 58.9 Å². The first-order valence-corrected chi connectivity index (χ1v) is 7.77. The number of aromatic amines is 1. The second-order valence-electron chi connectivity index (χ2n) is 5.56. The fourth-order valence-electron chi connectivity index (χ4n) is 2.55. The third-order valence-electron chi connectivity index (χ3n) is 3.81. The Morgan fingerprint density at radius 3 is 3.04 bits per heavy atom. The minimum Gasteiger partial charge on any atom is -0.359 e.